The third-order valence-corrected chi connectivity index (χ3v) is 3.93. The molecule has 2 aromatic rings. The summed E-state index contributed by atoms with van der Waals surface area (Å²) in [6.07, 6.45) is 0. The van der Waals surface area contributed by atoms with Gasteiger partial charge in [0.1, 0.15) is 5.75 Å². The molecule has 0 aromatic heterocycles. The molecule has 9 heteroatoms. The highest BCUT2D eigenvalue weighted by Crippen LogP contribution is 2.21. The van der Waals surface area contributed by atoms with Crippen molar-refractivity contribution in [2.45, 2.75) is 6.92 Å². The average molecular weight is 412 g/mol. The van der Waals surface area contributed by atoms with Gasteiger partial charge in [0.2, 0.25) is 0 Å². The molecule has 2 rings (SSSR count). The zero-order valence-corrected chi connectivity index (χ0v) is 16.0. The van der Waals surface area contributed by atoms with Crippen molar-refractivity contribution in [3.8, 4) is 5.75 Å². The summed E-state index contributed by atoms with van der Waals surface area (Å²) in [5.41, 5.74) is 5.82. The summed E-state index contributed by atoms with van der Waals surface area (Å²) in [6.45, 7) is 1.58. The van der Waals surface area contributed by atoms with Crippen molar-refractivity contribution in [1.29, 1.82) is 0 Å². The number of nitrogens with one attached hydrogen (secondary N) is 3. The van der Waals surface area contributed by atoms with E-state index in [-0.39, 0.29) is 17.3 Å². The van der Waals surface area contributed by atoms with Gasteiger partial charge in [-0.3, -0.25) is 25.8 Å². The van der Waals surface area contributed by atoms with Crippen molar-refractivity contribution >= 4 is 52.3 Å². The molecule has 0 unspecified atom stereocenters. The van der Waals surface area contributed by atoms with E-state index in [4.69, 9.17) is 40.2 Å². The summed E-state index contributed by atoms with van der Waals surface area (Å²) >= 11 is 16.7. The smallest absolute Gasteiger partial charge is 0.276 e. The van der Waals surface area contributed by atoms with E-state index >= 15 is 0 Å². The zero-order chi connectivity index (χ0) is 19.1. The zero-order valence-electron chi connectivity index (χ0n) is 13.6. The Labute approximate surface area is 165 Å². The van der Waals surface area contributed by atoms with Gasteiger partial charge in [-0.15, -0.1) is 0 Å². The van der Waals surface area contributed by atoms with Crippen LogP contribution in [0.3, 0.4) is 0 Å². The fourth-order valence-electron chi connectivity index (χ4n) is 1.93. The molecular formula is C17H15Cl2N3O3S. The molecule has 0 saturated heterocycles. The Morgan fingerprint density at radius 3 is 2.54 bits per heavy atom. The Kier molecular flexibility index (Phi) is 7.20. The van der Waals surface area contributed by atoms with Crippen LogP contribution in [0.25, 0.3) is 0 Å². The van der Waals surface area contributed by atoms with Crippen LogP contribution in [0.15, 0.2) is 42.5 Å². The largest absolute Gasteiger partial charge is 0.483 e. The van der Waals surface area contributed by atoms with Crippen LogP contribution in [0.1, 0.15) is 15.9 Å². The molecule has 0 aliphatic rings. The number of hydrazine groups is 1. The molecule has 136 valence electrons. The predicted molar refractivity (Wildman–Crippen MR) is 104 cm³/mol. The maximum atomic E-state index is 12.0. The number of hydrogen-bond donors (Lipinski definition) is 3. The number of carbonyl (C=O) groups is 2. The second kappa shape index (κ2) is 9.38. The second-order valence-corrected chi connectivity index (χ2v) is 6.39. The van der Waals surface area contributed by atoms with Crippen molar-refractivity contribution in [1.82, 2.24) is 16.2 Å². The first-order chi connectivity index (χ1) is 12.4. The fraction of sp³-hybridized carbons (Fsp3) is 0.118. The van der Waals surface area contributed by atoms with E-state index in [1.807, 2.05) is 6.92 Å². The molecular weight excluding hydrogens is 397 g/mol. The highest BCUT2D eigenvalue weighted by molar-refractivity contribution is 7.80. The molecule has 0 atom stereocenters. The SMILES string of the molecule is Cc1cc(Cl)ccc1OCC(=O)NNC(=S)NC(=O)c1ccccc1Cl. The molecule has 2 aromatic carbocycles. The number of amides is 2. The number of rotatable bonds is 4. The maximum Gasteiger partial charge on any atom is 0.276 e. The van der Waals surface area contributed by atoms with Gasteiger partial charge in [0.25, 0.3) is 11.8 Å². The lowest BCUT2D eigenvalue weighted by Gasteiger charge is -2.12. The van der Waals surface area contributed by atoms with E-state index < -0.39 is 11.8 Å². The minimum Gasteiger partial charge on any atom is -0.483 e. The van der Waals surface area contributed by atoms with Gasteiger partial charge in [0.05, 0.1) is 10.6 Å². The molecule has 6 nitrogen and oxygen atoms in total. The van der Waals surface area contributed by atoms with Crippen LogP contribution in [-0.4, -0.2) is 23.5 Å². The van der Waals surface area contributed by atoms with Gasteiger partial charge in [0, 0.05) is 5.02 Å². The summed E-state index contributed by atoms with van der Waals surface area (Å²) in [7, 11) is 0. The Morgan fingerprint density at radius 1 is 1.12 bits per heavy atom. The molecule has 0 spiro atoms. The first kappa shape index (κ1) is 20.0. The standard InChI is InChI=1S/C17H15Cl2N3O3S/c1-10-8-11(18)6-7-14(10)25-9-15(23)21-22-17(26)20-16(24)12-4-2-3-5-13(12)19/h2-8H,9H2,1H3,(H,21,23)(H2,20,22,24,26). The van der Waals surface area contributed by atoms with Crippen LogP contribution in [0.4, 0.5) is 0 Å². The van der Waals surface area contributed by atoms with Crippen LogP contribution in [0.5, 0.6) is 5.75 Å². The van der Waals surface area contributed by atoms with Gasteiger partial charge in [-0.25, -0.2) is 0 Å². The highest BCUT2D eigenvalue weighted by atomic mass is 35.5. The van der Waals surface area contributed by atoms with E-state index in [2.05, 4.69) is 16.2 Å². The third-order valence-electron chi connectivity index (χ3n) is 3.16. The molecule has 0 fully saturated rings. The van der Waals surface area contributed by atoms with Gasteiger partial charge >= 0.3 is 0 Å². The van der Waals surface area contributed by atoms with E-state index in [0.29, 0.717) is 15.8 Å². The van der Waals surface area contributed by atoms with Crippen LogP contribution in [0, 0.1) is 6.92 Å². The van der Waals surface area contributed by atoms with E-state index in [9.17, 15) is 9.59 Å². The Morgan fingerprint density at radius 2 is 1.85 bits per heavy atom. The molecule has 0 saturated carbocycles. The van der Waals surface area contributed by atoms with Crippen molar-refractivity contribution in [2.24, 2.45) is 0 Å². The van der Waals surface area contributed by atoms with Gasteiger partial charge in [0.15, 0.2) is 11.7 Å². The van der Waals surface area contributed by atoms with Crippen molar-refractivity contribution in [2.75, 3.05) is 6.61 Å². The fourth-order valence-corrected chi connectivity index (χ4v) is 2.52. The van der Waals surface area contributed by atoms with Gasteiger partial charge in [-0.2, -0.15) is 0 Å². The molecule has 0 radical (unpaired) electrons. The van der Waals surface area contributed by atoms with E-state index in [1.165, 1.54) is 0 Å². The lowest BCUT2D eigenvalue weighted by atomic mass is 10.2. The van der Waals surface area contributed by atoms with Crippen molar-refractivity contribution < 1.29 is 14.3 Å². The number of benzene rings is 2. The van der Waals surface area contributed by atoms with Gasteiger partial charge in [-0.1, -0.05) is 35.3 Å². The van der Waals surface area contributed by atoms with Crippen LogP contribution < -0.4 is 20.9 Å². The second-order valence-electron chi connectivity index (χ2n) is 5.13. The van der Waals surface area contributed by atoms with Crippen molar-refractivity contribution in [3.63, 3.8) is 0 Å². The maximum absolute atomic E-state index is 12.0. The summed E-state index contributed by atoms with van der Waals surface area (Å²) < 4.78 is 5.39. The summed E-state index contributed by atoms with van der Waals surface area (Å²) in [4.78, 5) is 23.8. The Balaban J connectivity index is 1.77. The topological polar surface area (TPSA) is 79.5 Å². The average Bonchev–Trinajstić information content (AvgIpc) is 2.59. The molecule has 3 N–H and O–H groups in total. The number of aryl methyl sites for hydroxylation is 1. The number of ether oxygens (including phenoxy) is 1. The number of thiocarbonyl (C=S) groups is 1. The first-order valence-corrected chi connectivity index (χ1v) is 8.57. The first-order valence-electron chi connectivity index (χ1n) is 7.40. The molecule has 0 aliphatic heterocycles. The number of hydrogen-bond acceptors (Lipinski definition) is 4. The van der Waals surface area contributed by atoms with Crippen LogP contribution in [0.2, 0.25) is 10.0 Å². The molecule has 0 heterocycles. The van der Waals surface area contributed by atoms with Crippen molar-refractivity contribution in [3.05, 3.63) is 63.6 Å². The minimum atomic E-state index is -0.490. The van der Waals surface area contributed by atoms with Crippen LogP contribution >= 0.6 is 35.4 Å². The van der Waals surface area contributed by atoms with E-state index in [1.54, 1.807) is 42.5 Å². The number of carbonyl (C=O) groups excluding carboxylic acids is 2. The minimum absolute atomic E-state index is 0.0778. The predicted octanol–water partition coefficient (Wildman–Crippen LogP) is 3.02. The third kappa shape index (κ3) is 5.87. The Bertz CT molecular complexity index is 846. The monoisotopic (exact) mass is 411 g/mol. The Hall–Kier alpha value is -2.35. The van der Waals surface area contributed by atoms with Gasteiger partial charge < -0.3 is 4.74 Å². The summed E-state index contributed by atoms with van der Waals surface area (Å²) in [6, 6.07) is 11.6. The normalized spacial score (nSPS) is 9.96. The van der Waals surface area contributed by atoms with Gasteiger partial charge in [-0.05, 0) is 55.0 Å². The van der Waals surface area contributed by atoms with Crippen LogP contribution in [-0.2, 0) is 4.79 Å². The molecule has 2 amide bonds. The summed E-state index contributed by atoms with van der Waals surface area (Å²) in [5, 5.41) is 3.21. The lowest BCUT2D eigenvalue weighted by molar-refractivity contribution is -0.123. The summed E-state index contributed by atoms with van der Waals surface area (Å²) in [5.74, 6) is -0.428. The molecule has 0 aliphatic carbocycles. The highest BCUT2D eigenvalue weighted by Gasteiger charge is 2.12. The number of halogens is 2. The molecule has 26 heavy (non-hydrogen) atoms. The van der Waals surface area contributed by atoms with E-state index in [0.717, 1.165) is 5.56 Å². The lowest BCUT2D eigenvalue weighted by Crippen LogP contribution is -2.49. The molecule has 0 bridgehead atoms. The quantitative estimate of drug-likeness (QED) is 0.532.